The summed E-state index contributed by atoms with van der Waals surface area (Å²) in [6, 6.07) is 0. The zero-order valence-electron chi connectivity index (χ0n) is 17.7. The summed E-state index contributed by atoms with van der Waals surface area (Å²) in [6.45, 7) is 2.21. The van der Waals surface area contributed by atoms with Crippen molar-refractivity contribution in [3.8, 4) is 0 Å². The van der Waals surface area contributed by atoms with E-state index >= 15 is 0 Å². The molecular weight excluding hydrogens is 396 g/mol. The van der Waals surface area contributed by atoms with E-state index in [-0.39, 0.29) is 30.4 Å². The maximum absolute atomic E-state index is 11.4. The minimum absolute atomic E-state index is 0.129. The Morgan fingerprint density at radius 3 is 1.31 bits per heavy atom. The Morgan fingerprint density at radius 1 is 0.621 bits per heavy atom. The van der Waals surface area contributed by atoms with Gasteiger partial charge in [0.15, 0.2) is 0 Å². The Labute approximate surface area is 175 Å². The Kier molecular flexibility index (Phi) is 15.6. The molecule has 8 heteroatoms. The van der Waals surface area contributed by atoms with Gasteiger partial charge in [-0.05, 0) is 25.7 Å². The van der Waals surface area contributed by atoms with Crippen LogP contribution in [0.3, 0.4) is 0 Å². The number of rotatable bonds is 19. The molecule has 0 aliphatic heterocycles. The van der Waals surface area contributed by atoms with E-state index in [0.717, 1.165) is 19.3 Å². The minimum atomic E-state index is -4.19. The van der Waals surface area contributed by atoms with Gasteiger partial charge in [-0.3, -0.25) is 4.55 Å². The van der Waals surface area contributed by atoms with Gasteiger partial charge < -0.3 is 10.2 Å². The number of hydrogen-bond donors (Lipinski definition) is 3. The molecule has 0 bridgehead atoms. The first-order valence-electron chi connectivity index (χ1n) is 10.8. The molecule has 0 fully saturated rings. The topological polar surface area (TPSA) is 129 Å². The summed E-state index contributed by atoms with van der Waals surface area (Å²) in [5, 5.41) is 18.6. The van der Waals surface area contributed by atoms with E-state index in [0.29, 0.717) is 6.42 Å². The molecule has 3 N–H and O–H groups in total. The van der Waals surface area contributed by atoms with Gasteiger partial charge in [-0.1, -0.05) is 77.6 Å². The monoisotopic (exact) mass is 434 g/mol. The molecule has 0 heterocycles. The van der Waals surface area contributed by atoms with Crippen LogP contribution in [-0.4, -0.2) is 40.9 Å². The molecule has 0 unspecified atom stereocenters. The van der Waals surface area contributed by atoms with E-state index in [2.05, 4.69) is 6.92 Å². The van der Waals surface area contributed by atoms with Crippen LogP contribution in [0.15, 0.2) is 11.1 Å². The van der Waals surface area contributed by atoms with Crippen LogP contribution in [0.1, 0.15) is 103 Å². The van der Waals surface area contributed by atoms with Gasteiger partial charge in [0.1, 0.15) is 0 Å². The van der Waals surface area contributed by atoms with Crippen LogP contribution in [0.4, 0.5) is 0 Å². The fourth-order valence-corrected chi connectivity index (χ4v) is 3.86. The van der Waals surface area contributed by atoms with Crippen LogP contribution in [-0.2, 0) is 19.7 Å². The first-order valence-corrected chi connectivity index (χ1v) is 12.4. The molecule has 0 rings (SSSR count). The van der Waals surface area contributed by atoms with E-state index < -0.39 is 27.8 Å². The van der Waals surface area contributed by atoms with Crippen molar-refractivity contribution >= 4 is 22.1 Å². The summed E-state index contributed by atoms with van der Waals surface area (Å²) in [4.78, 5) is 22.8. The highest BCUT2D eigenvalue weighted by molar-refractivity contribution is 7.85. The van der Waals surface area contributed by atoms with Gasteiger partial charge in [-0.15, -0.1) is 0 Å². The molecule has 29 heavy (non-hydrogen) atoms. The van der Waals surface area contributed by atoms with E-state index in [9.17, 15) is 28.2 Å². The minimum Gasteiger partial charge on any atom is -0.478 e. The van der Waals surface area contributed by atoms with Crippen LogP contribution in [0, 0.1) is 0 Å². The number of aliphatic carboxylic acids is 2. The molecular formula is C21H38O7S. The first kappa shape index (κ1) is 27.6. The van der Waals surface area contributed by atoms with Crippen molar-refractivity contribution in [3.63, 3.8) is 0 Å². The second-order valence-corrected chi connectivity index (χ2v) is 9.17. The summed E-state index contributed by atoms with van der Waals surface area (Å²) in [5.41, 5.74) is -0.441. The number of hydrogen-bond acceptors (Lipinski definition) is 4. The van der Waals surface area contributed by atoms with Crippen LogP contribution in [0.2, 0.25) is 0 Å². The lowest BCUT2D eigenvalue weighted by Crippen LogP contribution is -2.13. The zero-order valence-corrected chi connectivity index (χ0v) is 18.5. The van der Waals surface area contributed by atoms with Crippen LogP contribution in [0.5, 0.6) is 0 Å². The van der Waals surface area contributed by atoms with E-state index in [1.54, 1.807) is 0 Å². The van der Waals surface area contributed by atoms with E-state index in [1.807, 2.05) is 0 Å². The van der Waals surface area contributed by atoms with Gasteiger partial charge in [0, 0.05) is 11.1 Å². The second kappa shape index (κ2) is 16.4. The van der Waals surface area contributed by atoms with E-state index in [4.69, 9.17) is 4.55 Å². The van der Waals surface area contributed by atoms with Gasteiger partial charge in [-0.2, -0.15) is 8.42 Å². The highest BCUT2D eigenvalue weighted by Gasteiger charge is 2.20. The van der Waals surface area contributed by atoms with Gasteiger partial charge in [-0.25, -0.2) is 9.59 Å². The molecule has 170 valence electrons. The molecule has 0 radical (unpaired) electrons. The molecule has 0 aromatic heterocycles. The molecule has 0 aliphatic carbocycles. The molecule has 0 atom stereocenters. The van der Waals surface area contributed by atoms with Crippen molar-refractivity contribution in [2.75, 3.05) is 5.75 Å². The third-order valence-corrected chi connectivity index (χ3v) is 5.79. The fourth-order valence-electron chi connectivity index (χ4n) is 3.35. The number of carbonyl (C=O) groups is 2. The standard InChI is InChI=1S/C21H38O7S/c1-2-3-4-5-6-7-8-9-10-11-12-13-15-18(20(22)23)19(21(24)25)16-14-17-29(26,27)28/h2-17H2,1H3,(H,22,23)(H,24,25)(H,26,27,28)/b19-18-. The maximum atomic E-state index is 11.4. The first-order chi connectivity index (χ1) is 13.7. The number of carboxylic acid groups (broad SMARTS) is 2. The molecule has 0 amide bonds. The zero-order chi connectivity index (χ0) is 22.1. The SMILES string of the molecule is CCCCCCCCCCCCCC/C(C(=O)O)=C(\CCCS(=O)(=O)O)C(=O)O. The van der Waals surface area contributed by atoms with Crippen molar-refractivity contribution in [2.45, 2.75) is 103 Å². The van der Waals surface area contributed by atoms with Gasteiger partial charge in [0.25, 0.3) is 10.1 Å². The van der Waals surface area contributed by atoms with Crippen LogP contribution in [0.25, 0.3) is 0 Å². The Hall–Kier alpha value is -1.41. The molecule has 0 aromatic carbocycles. The summed E-state index contributed by atoms with van der Waals surface area (Å²) in [5.74, 6) is -3.22. The van der Waals surface area contributed by atoms with Crippen molar-refractivity contribution < 1.29 is 32.8 Å². The predicted octanol–water partition coefficient (Wildman–Crippen LogP) is 5.21. The molecule has 0 aromatic rings. The lowest BCUT2D eigenvalue weighted by molar-refractivity contribution is -0.136. The third kappa shape index (κ3) is 16.1. The van der Waals surface area contributed by atoms with E-state index in [1.165, 1.54) is 51.4 Å². The summed E-state index contributed by atoms with van der Waals surface area (Å²) >= 11 is 0. The summed E-state index contributed by atoms with van der Waals surface area (Å²) < 4.78 is 30.3. The number of carboxylic acids is 2. The maximum Gasteiger partial charge on any atom is 0.332 e. The molecule has 0 saturated heterocycles. The highest BCUT2D eigenvalue weighted by atomic mass is 32.2. The number of unbranched alkanes of at least 4 members (excludes halogenated alkanes) is 11. The summed E-state index contributed by atoms with van der Waals surface area (Å²) in [7, 11) is -4.19. The summed E-state index contributed by atoms with van der Waals surface area (Å²) in [6.07, 6.45) is 13.5. The van der Waals surface area contributed by atoms with Crippen molar-refractivity contribution in [1.82, 2.24) is 0 Å². The largest absolute Gasteiger partial charge is 0.478 e. The van der Waals surface area contributed by atoms with Gasteiger partial charge in [0.2, 0.25) is 0 Å². The fraction of sp³-hybridized carbons (Fsp3) is 0.810. The average Bonchev–Trinajstić information content (AvgIpc) is 2.62. The molecule has 0 saturated carbocycles. The van der Waals surface area contributed by atoms with Crippen LogP contribution < -0.4 is 0 Å². The highest BCUT2D eigenvalue weighted by Crippen LogP contribution is 2.20. The molecule has 0 spiro atoms. The van der Waals surface area contributed by atoms with Crippen molar-refractivity contribution in [3.05, 3.63) is 11.1 Å². The van der Waals surface area contributed by atoms with Crippen molar-refractivity contribution in [1.29, 1.82) is 0 Å². The molecule has 7 nitrogen and oxygen atoms in total. The third-order valence-electron chi connectivity index (χ3n) is 4.99. The Bertz CT molecular complexity index is 609. The van der Waals surface area contributed by atoms with Crippen LogP contribution >= 0.6 is 0 Å². The average molecular weight is 435 g/mol. The Morgan fingerprint density at radius 2 is 0.966 bits per heavy atom. The predicted molar refractivity (Wildman–Crippen MR) is 114 cm³/mol. The lowest BCUT2D eigenvalue weighted by atomic mass is 9.97. The Balaban J connectivity index is 4.19. The lowest BCUT2D eigenvalue weighted by Gasteiger charge is -2.09. The normalized spacial score (nSPS) is 12.6. The van der Waals surface area contributed by atoms with Crippen molar-refractivity contribution in [2.24, 2.45) is 0 Å². The quantitative estimate of drug-likeness (QED) is 0.144. The smallest absolute Gasteiger partial charge is 0.332 e. The van der Waals surface area contributed by atoms with Gasteiger partial charge in [0.05, 0.1) is 5.75 Å². The van der Waals surface area contributed by atoms with Gasteiger partial charge >= 0.3 is 11.9 Å². The second-order valence-electron chi connectivity index (χ2n) is 7.60. The molecule has 0 aliphatic rings.